The van der Waals surface area contributed by atoms with Crippen molar-refractivity contribution in [3.8, 4) is 11.6 Å². The first-order valence-electron chi connectivity index (χ1n) is 7.79. The van der Waals surface area contributed by atoms with Crippen LogP contribution in [-0.4, -0.2) is 27.8 Å². The van der Waals surface area contributed by atoms with Gasteiger partial charge in [0.05, 0.1) is 18.0 Å². The summed E-state index contributed by atoms with van der Waals surface area (Å²) < 4.78 is 10.4. The van der Waals surface area contributed by atoms with E-state index in [0.29, 0.717) is 22.9 Å². The Hall–Kier alpha value is -3.68. The van der Waals surface area contributed by atoms with Gasteiger partial charge in [0.2, 0.25) is 11.8 Å². The zero-order chi connectivity index (χ0) is 18.4. The molecule has 0 saturated carbocycles. The largest absolute Gasteiger partial charge is 0.472 e. The van der Waals surface area contributed by atoms with Gasteiger partial charge in [-0.1, -0.05) is 6.07 Å². The molecule has 0 aliphatic heterocycles. The maximum Gasteiger partial charge on any atom is 0.255 e. The second kappa shape index (κ2) is 7.93. The molecule has 0 saturated heterocycles. The highest BCUT2D eigenvalue weighted by molar-refractivity contribution is 6.00. The topological polar surface area (TPSA) is 106 Å². The Morgan fingerprint density at radius 1 is 1.23 bits per heavy atom. The molecule has 8 nitrogen and oxygen atoms in total. The fourth-order valence-electron chi connectivity index (χ4n) is 2.09. The number of carbonyl (C=O) groups excluding carboxylic acids is 2. The van der Waals surface area contributed by atoms with Gasteiger partial charge in [-0.15, -0.1) is 0 Å². The Morgan fingerprint density at radius 2 is 2.12 bits per heavy atom. The minimum Gasteiger partial charge on any atom is -0.472 e. The number of amides is 2. The molecule has 2 heterocycles. The summed E-state index contributed by atoms with van der Waals surface area (Å²) in [6, 6.07) is 7.61. The lowest BCUT2D eigenvalue weighted by Crippen LogP contribution is -2.41. The molecule has 8 heteroatoms. The number of aromatic nitrogens is 2. The third-order valence-electron chi connectivity index (χ3n) is 3.39. The molecule has 132 valence electrons. The van der Waals surface area contributed by atoms with Gasteiger partial charge in [-0.3, -0.25) is 14.6 Å². The van der Waals surface area contributed by atoms with Crippen molar-refractivity contribution in [3.05, 3.63) is 67.0 Å². The summed E-state index contributed by atoms with van der Waals surface area (Å²) in [7, 11) is 0. The zero-order valence-electron chi connectivity index (χ0n) is 13.9. The van der Waals surface area contributed by atoms with Crippen LogP contribution in [-0.2, 0) is 4.79 Å². The monoisotopic (exact) mass is 352 g/mol. The van der Waals surface area contributed by atoms with E-state index in [9.17, 15) is 9.59 Å². The van der Waals surface area contributed by atoms with Crippen molar-refractivity contribution in [1.82, 2.24) is 15.3 Å². The van der Waals surface area contributed by atoms with Crippen molar-refractivity contribution in [3.63, 3.8) is 0 Å². The lowest BCUT2D eigenvalue weighted by atomic mass is 10.2. The van der Waals surface area contributed by atoms with Crippen molar-refractivity contribution in [2.24, 2.45) is 0 Å². The molecule has 3 aromatic rings. The molecule has 0 radical (unpaired) electrons. The van der Waals surface area contributed by atoms with Crippen LogP contribution in [0.1, 0.15) is 17.3 Å². The number of hydrogen-bond donors (Lipinski definition) is 2. The van der Waals surface area contributed by atoms with E-state index in [1.807, 2.05) is 0 Å². The lowest BCUT2D eigenvalue weighted by Gasteiger charge is -2.14. The molecule has 0 bridgehead atoms. The number of nitrogens with zero attached hydrogens (tertiary/aromatic N) is 2. The van der Waals surface area contributed by atoms with Crippen LogP contribution in [0.5, 0.6) is 11.6 Å². The molecule has 0 fully saturated rings. The standard InChI is InChI=1S/C18H16N4O4/c1-12(21-18(24)13-5-8-25-11-13)17(23)22-14-3-2-4-15(9-14)26-16-10-19-6-7-20-16/h2-12H,1H3,(H,21,24)(H,22,23)/t12-/m0/s1. The maximum atomic E-state index is 12.3. The van der Waals surface area contributed by atoms with E-state index < -0.39 is 6.04 Å². The molecule has 1 atom stereocenters. The second-order valence-electron chi connectivity index (χ2n) is 5.37. The quantitative estimate of drug-likeness (QED) is 0.706. The highest BCUT2D eigenvalue weighted by atomic mass is 16.5. The SMILES string of the molecule is C[C@H](NC(=O)c1ccoc1)C(=O)Nc1cccc(Oc2cnccn2)c1. The Bertz CT molecular complexity index is 881. The summed E-state index contributed by atoms with van der Waals surface area (Å²) in [5.41, 5.74) is 0.879. The van der Waals surface area contributed by atoms with Crippen LogP contribution in [0.15, 0.2) is 65.9 Å². The third kappa shape index (κ3) is 4.44. The normalized spacial score (nSPS) is 11.4. The predicted molar refractivity (Wildman–Crippen MR) is 92.8 cm³/mol. The molecule has 0 aliphatic rings. The van der Waals surface area contributed by atoms with Crippen LogP contribution in [0.25, 0.3) is 0 Å². The van der Waals surface area contributed by atoms with Gasteiger partial charge in [-0.05, 0) is 25.1 Å². The molecule has 3 rings (SSSR count). The van der Waals surface area contributed by atoms with E-state index in [4.69, 9.17) is 9.15 Å². The van der Waals surface area contributed by atoms with Gasteiger partial charge in [0.1, 0.15) is 18.1 Å². The fourth-order valence-corrected chi connectivity index (χ4v) is 2.09. The van der Waals surface area contributed by atoms with Crippen LogP contribution < -0.4 is 15.4 Å². The summed E-state index contributed by atoms with van der Waals surface area (Å²) >= 11 is 0. The van der Waals surface area contributed by atoms with Crippen LogP contribution in [0.3, 0.4) is 0 Å². The molecule has 2 amide bonds. The van der Waals surface area contributed by atoms with Gasteiger partial charge in [0.15, 0.2) is 0 Å². The van der Waals surface area contributed by atoms with E-state index in [-0.39, 0.29) is 11.8 Å². The van der Waals surface area contributed by atoms with Gasteiger partial charge in [-0.25, -0.2) is 4.98 Å². The smallest absolute Gasteiger partial charge is 0.255 e. The molecule has 0 unspecified atom stereocenters. The molecular weight excluding hydrogens is 336 g/mol. The number of carbonyl (C=O) groups is 2. The number of nitrogens with one attached hydrogen (secondary N) is 2. The molecule has 0 aliphatic carbocycles. The van der Waals surface area contributed by atoms with E-state index in [1.165, 1.54) is 31.0 Å². The lowest BCUT2D eigenvalue weighted by molar-refractivity contribution is -0.117. The molecule has 0 spiro atoms. The van der Waals surface area contributed by atoms with Crippen molar-refractivity contribution < 1.29 is 18.7 Å². The number of benzene rings is 1. The van der Waals surface area contributed by atoms with Crippen LogP contribution in [0.4, 0.5) is 5.69 Å². The highest BCUT2D eigenvalue weighted by Gasteiger charge is 2.17. The summed E-state index contributed by atoms with van der Waals surface area (Å²) in [6.07, 6.45) is 7.25. The van der Waals surface area contributed by atoms with E-state index in [0.717, 1.165) is 0 Å². The van der Waals surface area contributed by atoms with E-state index >= 15 is 0 Å². The number of anilines is 1. The van der Waals surface area contributed by atoms with Gasteiger partial charge in [0.25, 0.3) is 5.91 Å². The molecule has 1 aromatic carbocycles. The van der Waals surface area contributed by atoms with Crippen molar-refractivity contribution in [1.29, 1.82) is 0 Å². The average molecular weight is 352 g/mol. The Balaban J connectivity index is 1.60. The molecule has 26 heavy (non-hydrogen) atoms. The number of rotatable bonds is 6. The number of furan rings is 1. The first-order valence-corrected chi connectivity index (χ1v) is 7.79. The van der Waals surface area contributed by atoms with E-state index in [2.05, 4.69) is 20.6 Å². The van der Waals surface area contributed by atoms with Crippen molar-refractivity contribution >= 4 is 17.5 Å². The molecule has 2 N–H and O–H groups in total. The predicted octanol–water partition coefficient (Wildman–Crippen LogP) is 2.62. The minimum atomic E-state index is -0.734. The second-order valence-corrected chi connectivity index (χ2v) is 5.37. The van der Waals surface area contributed by atoms with E-state index in [1.54, 1.807) is 37.4 Å². The van der Waals surface area contributed by atoms with Crippen molar-refractivity contribution in [2.45, 2.75) is 13.0 Å². The van der Waals surface area contributed by atoms with Crippen LogP contribution in [0.2, 0.25) is 0 Å². The van der Waals surface area contributed by atoms with Gasteiger partial charge >= 0.3 is 0 Å². The Labute approximate surface area is 149 Å². The summed E-state index contributed by atoms with van der Waals surface area (Å²) in [6.45, 7) is 1.59. The summed E-state index contributed by atoms with van der Waals surface area (Å²) in [4.78, 5) is 32.2. The van der Waals surface area contributed by atoms with Gasteiger partial charge < -0.3 is 19.8 Å². The Kier molecular flexibility index (Phi) is 5.23. The summed E-state index contributed by atoms with van der Waals surface area (Å²) in [5, 5.41) is 5.32. The maximum absolute atomic E-state index is 12.3. The zero-order valence-corrected chi connectivity index (χ0v) is 13.9. The molecular formula is C18H16N4O4. The van der Waals surface area contributed by atoms with Gasteiger partial charge in [0, 0.05) is 24.1 Å². The van der Waals surface area contributed by atoms with Gasteiger partial charge in [-0.2, -0.15) is 0 Å². The highest BCUT2D eigenvalue weighted by Crippen LogP contribution is 2.22. The summed E-state index contributed by atoms with van der Waals surface area (Å²) in [5.74, 6) is 0.0924. The average Bonchev–Trinajstić information content (AvgIpc) is 3.17. The van der Waals surface area contributed by atoms with Crippen molar-refractivity contribution in [2.75, 3.05) is 5.32 Å². The van der Waals surface area contributed by atoms with Crippen LogP contribution in [0, 0.1) is 0 Å². The third-order valence-corrected chi connectivity index (χ3v) is 3.39. The molecule has 2 aromatic heterocycles. The fraction of sp³-hybridized carbons (Fsp3) is 0.111. The number of ether oxygens (including phenoxy) is 1. The number of hydrogen-bond acceptors (Lipinski definition) is 6. The van der Waals surface area contributed by atoms with Crippen LogP contribution >= 0.6 is 0 Å². The first kappa shape index (κ1) is 17.2. The first-order chi connectivity index (χ1) is 12.6. The minimum absolute atomic E-state index is 0.344. The Morgan fingerprint density at radius 3 is 2.85 bits per heavy atom.